The summed E-state index contributed by atoms with van der Waals surface area (Å²) in [4.78, 5) is 2.58. The second kappa shape index (κ2) is 4.10. The Kier molecular flexibility index (Phi) is 2.45. The first-order valence-electron chi connectivity index (χ1n) is 5.05. The van der Waals surface area contributed by atoms with Gasteiger partial charge in [0, 0.05) is 21.0 Å². The average molecular weight is 244 g/mol. The Hall–Kier alpha value is -2.01. The maximum Gasteiger partial charge on any atom is 0.249 e. The predicted octanol–water partition coefficient (Wildman–Crippen LogP) is 2.61. The standard InChI is InChI=1S/C12H8N2O2S/c15-14-12-7-6-10(8-11(12)13-16-14)17-9-4-2-1-3-5-9/h1-8H. The van der Waals surface area contributed by atoms with Gasteiger partial charge in [0.15, 0.2) is 0 Å². The molecule has 2 aromatic carbocycles. The molecule has 0 atom stereocenters. The van der Waals surface area contributed by atoms with Crippen molar-refractivity contribution in [2.45, 2.75) is 9.79 Å². The van der Waals surface area contributed by atoms with Crippen molar-refractivity contribution in [3.05, 3.63) is 53.7 Å². The number of hydrogen-bond acceptors (Lipinski definition) is 4. The van der Waals surface area contributed by atoms with E-state index in [0.717, 1.165) is 9.79 Å². The van der Waals surface area contributed by atoms with E-state index in [2.05, 4.69) is 9.79 Å². The van der Waals surface area contributed by atoms with Crippen LogP contribution < -0.4 is 4.90 Å². The molecule has 1 aromatic heterocycles. The Labute approximate surface area is 101 Å². The second-order valence-corrected chi connectivity index (χ2v) is 4.64. The summed E-state index contributed by atoms with van der Waals surface area (Å²) < 4.78 is 4.52. The molecule has 0 aliphatic carbocycles. The Balaban J connectivity index is 1.96. The van der Waals surface area contributed by atoms with Crippen molar-refractivity contribution in [3.63, 3.8) is 0 Å². The molecule has 0 aliphatic rings. The van der Waals surface area contributed by atoms with Crippen LogP contribution in [0.2, 0.25) is 0 Å². The second-order valence-electron chi connectivity index (χ2n) is 3.50. The van der Waals surface area contributed by atoms with Crippen molar-refractivity contribution in [1.82, 2.24) is 5.16 Å². The van der Waals surface area contributed by atoms with Crippen LogP contribution >= 0.6 is 11.8 Å². The molecule has 4 nitrogen and oxygen atoms in total. The molecule has 5 heteroatoms. The summed E-state index contributed by atoms with van der Waals surface area (Å²) in [5.41, 5.74) is 1.02. The molecule has 0 saturated carbocycles. The first-order chi connectivity index (χ1) is 8.33. The largest absolute Gasteiger partial charge is 0.359 e. The summed E-state index contributed by atoms with van der Waals surface area (Å²) in [6, 6.07) is 15.5. The number of nitrogens with zero attached hydrogens (tertiary/aromatic N) is 2. The Morgan fingerprint density at radius 1 is 1.06 bits per heavy atom. The van der Waals surface area contributed by atoms with Crippen molar-refractivity contribution in [2.75, 3.05) is 0 Å². The third kappa shape index (κ3) is 1.97. The minimum atomic E-state index is 0.409. The maximum atomic E-state index is 11.1. The minimum absolute atomic E-state index is 0.409. The summed E-state index contributed by atoms with van der Waals surface area (Å²) in [7, 11) is 0. The van der Waals surface area contributed by atoms with E-state index in [1.807, 2.05) is 42.5 Å². The average Bonchev–Trinajstić information content (AvgIpc) is 2.72. The Morgan fingerprint density at radius 2 is 1.88 bits per heavy atom. The topological polar surface area (TPSA) is 53.0 Å². The van der Waals surface area contributed by atoms with Crippen LogP contribution in [0.4, 0.5) is 0 Å². The van der Waals surface area contributed by atoms with Gasteiger partial charge in [-0.05, 0) is 29.2 Å². The maximum absolute atomic E-state index is 11.1. The van der Waals surface area contributed by atoms with Gasteiger partial charge >= 0.3 is 0 Å². The lowest BCUT2D eigenvalue weighted by molar-refractivity contribution is -0.782. The molecule has 0 fully saturated rings. The van der Waals surface area contributed by atoms with E-state index < -0.39 is 0 Å². The fourth-order valence-corrected chi connectivity index (χ4v) is 2.42. The molecule has 0 saturated heterocycles. The van der Waals surface area contributed by atoms with E-state index in [9.17, 15) is 5.21 Å². The van der Waals surface area contributed by atoms with Gasteiger partial charge in [0.2, 0.25) is 11.0 Å². The molecule has 3 aromatic rings. The predicted molar refractivity (Wildman–Crippen MR) is 63.5 cm³/mol. The number of fused-ring (bicyclic) bond motifs is 1. The van der Waals surface area contributed by atoms with Crippen LogP contribution in [0.5, 0.6) is 0 Å². The van der Waals surface area contributed by atoms with Crippen LogP contribution in [-0.4, -0.2) is 5.16 Å². The van der Waals surface area contributed by atoms with Crippen molar-refractivity contribution in [2.24, 2.45) is 0 Å². The molecule has 1 heterocycles. The number of hydrogen-bond donors (Lipinski definition) is 0. The van der Waals surface area contributed by atoms with Crippen LogP contribution in [0.15, 0.2) is 63.0 Å². The van der Waals surface area contributed by atoms with Crippen LogP contribution in [0.1, 0.15) is 0 Å². The molecule has 0 amide bonds. The lowest BCUT2D eigenvalue weighted by Crippen LogP contribution is -2.22. The van der Waals surface area contributed by atoms with Gasteiger partial charge in [0.1, 0.15) is 0 Å². The monoisotopic (exact) mass is 244 g/mol. The zero-order valence-corrected chi connectivity index (χ0v) is 9.55. The van der Waals surface area contributed by atoms with Crippen molar-refractivity contribution in [1.29, 1.82) is 0 Å². The zero-order valence-electron chi connectivity index (χ0n) is 8.74. The number of aromatic nitrogens is 2. The smallest absolute Gasteiger partial charge is 0.249 e. The normalized spacial score (nSPS) is 10.8. The van der Waals surface area contributed by atoms with E-state index in [0.29, 0.717) is 15.9 Å². The number of benzene rings is 2. The molecule has 0 aliphatic heterocycles. The van der Waals surface area contributed by atoms with Gasteiger partial charge in [-0.2, -0.15) is 0 Å². The molecule has 0 radical (unpaired) electrons. The van der Waals surface area contributed by atoms with Crippen molar-refractivity contribution >= 4 is 22.8 Å². The first kappa shape index (κ1) is 10.2. The fraction of sp³-hybridized carbons (Fsp3) is 0. The summed E-state index contributed by atoms with van der Waals surface area (Å²) in [5.74, 6) is 0. The quantitative estimate of drug-likeness (QED) is 0.650. The third-order valence-electron chi connectivity index (χ3n) is 2.34. The van der Waals surface area contributed by atoms with Gasteiger partial charge in [-0.3, -0.25) is 4.63 Å². The molecule has 0 unspecified atom stereocenters. The van der Waals surface area contributed by atoms with Gasteiger partial charge in [0.05, 0.1) is 0 Å². The molecule has 0 N–H and O–H groups in total. The molecule has 17 heavy (non-hydrogen) atoms. The third-order valence-corrected chi connectivity index (χ3v) is 3.33. The van der Waals surface area contributed by atoms with Crippen molar-refractivity contribution in [3.8, 4) is 0 Å². The van der Waals surface area contributed by atoms with Gasteiger partial charge in [-0.1, -0.05) is 30.0 Å². The number of rotatable bonds is 2. The summed E-state index contributed by atoms with van der Waals surface area (Å²) >= 11 is 1.62. The highest BCUT2D eigenvalue weighted by Gasteiger charge is 2.09. The van der Waals surface area contributed by atoms with Gasteiger partial charge < -0.3 is 5.21 Å². The van der Waals surface area contributed by atoms with Gasteiger partial charge in [0.25, 0.3) is 0 Å². The molecular formula is C12H8N2O2S. The zero-order chi connectivity index (χ0) is 11.7. The van der Waals surface area contributed by atoms with E-state index in [1.54, 1.807) is 17.8 Å². The summed E-state index contributed by atoms with van der Waals surface area (Å²) in [6.45, 7) is 0. The minimum Gasteiger partial charge on any atom is -0.359 e. The van der Waals surface area contributed by atoms with Crippen LogP contribution in [-0.2, 0) is 0 Å². The van der Waals surface area contributed by atoms with E-state index >= 15 is 0 Å². The molecule has 0 spiro atoms. The van der Waals surface area contributed by atoms with Crippen molar-refractivity contribution < 1.29 is 9.53 Å². The SMILES string of the molecule is [O-][n+]1onc2cc(Sc3ccccc3)ccc21. The first-order valence-corrected chi connectivity index (χ1v) is 5.87. The summed E-state index contributed by atoms with van der Waals surface area (Å²) in [6.07, 6.45) is 0. The molecule has 0 bridgehead atoms. The van der Waals surface area contributed by atoms with E-state index in [1.165, 1.54) is 0 Å². The molecule has 84 valence electrons. The van der Waals surface area contributed by atoms with E-state index in [4.69, 9.17) is 0 Å². The Bertz CT molecular complexity index is 652. The van der Waals surface area contributed by atoms with E-state index in [-0.39, 0.29) is 0 Å². The van der Waals surface area contributed by atoms with Gasteiger partial charge in [-0.25, -0.2) is 0 Å². The highest BCUT2D eigenvalue weighted by atomic mass is 32.2. The van der Waals surface area contributed by atoms with Crippen LogP contribution in [0, 0.1) is 5.21 Å². The fourth-order valence-electron chi connectivity index (χ4n) is 1.54. The lowest BCUT2D eigenvalue weighted by atomic mass is 10.3. The highest BCUT2D eigenvalue weighted by Crippen LogP contribution is 2.28. The van der Waals surface area contributed by atoms with Crippen LogP contribution in [0.3, 0.4) is 0 Å². The molecule has 3 rings (SSSR count). The highest BCUT2D eigenvalue weighted by molar-refractivity contribution is 7.99. The molecular weight excluding hydrogens is 236 g/mol. The van der Waals surface area contributed by atoms with Gasteiger partial charge in [-0.15, -0.1) is 0 Å². The lowest BCUT2D eigenvalue weighted by Gasteiger charge is -1.99. The summed E-state index contributed by atoms with van der Waals surface area (Å²) in [5, 5.41) is 14.8. The van der Waals surface area contributed by atoms with Crippen LogP contribution in [0.25, 0.3) is 11.0 Å². The Morgan fingerprint density at radius 3 is 2.71 bits per heavy atom.